The molecule has 0 saturated carbocycles. The van der Waals surface area contributed by atoms with Crippen LogP contribution in [0.2, 0.25) is 0 Å². The largest absolute Gasteiger partial charge is 0.339 e. The third-order valence-electron chi connectivity index (χ3n) is 4.46. The number of benzene rings is 1. The minimum absolute atomic E-state index is 0.0624. The van der Waals surface area contributed by atoms with Crippen LogP contribution in [-0.2, 0) is 0 Å². The van der Waals surface area contributed by atoms with Crippen LogP contribution >= 0.6 is 11.3 Å². The van der Waals surface area contributed by atoms with E-state index in [2.05, 4.69) is 10.1 Å². The first-order valence-electron chi connectivity index (χ1n) is 7.86. The number of carbonyl (C=O) groups excluding carboxylic acids is 1. The number of hydrogen-bond acceptors (Lipinski definition) is 5. The molecular formula is C18H17N3O2S. The van der Waals surface area contributed by atoms with Crippen molar-refractivity contribution in [2.45, 2.75) is 19.8 Å². The summed E-state index contributed by atoms with van der Waals surface area (Å²) in [5.74, 6) is 1.43. The van der Waals surface area contributed by atoms with Gasteiger partial charge in [-0.1, -0.05) is 17.3 Å². The summed E-state index contributed by atoms with van der Waals surface area (Å²) in [6.45, 7) is 5.31. The van der Waals surface area contributed by atoms with E-state index >= 15 is 0 Å². The standard InChI is InChI=1S/C18H17N3O2S/c1-11-5-6-13(8-12(11)2)18(22)21-9-14(10-21)17-19-16(20-23-17)15-4-3-7-24-15/h3-8,14H,9-10H2,1-2H3. The number of rotatable bonds is 3. The van der Waals surface area contributed by atoms with Gasteiger partial charge in [-0.25, -0.2) is 0 Å². The molecule has 1 fully saturated rings. The van der Waals surface area contributed by atoms with Gasteiger partial charge in [0.2, 0.25) is 11.7 Å². The highest BCUT2D eigenvalue weighted by Crippen LogP contribution is 2.30. The van der Waals surface area contributed by atoms with Crippen molar-refractivity contribution in [2.75, 3.05) is 13.1 Å². The smallest absolute Gasteiger partial charge is 0.253 e. The fourth-order valence-electron chi connectivity index (χ4n) is 2.76. The van der Waals surface area contributed by atoms with E-state index in [0.717, 1.165) is 16.0 Å². The van der Waals surface area contributed by atoms with E-state index in [1.54, 1.807) is 11.3 Å². The van der Waals surface area contributed by atoms with Crippen molar-refractivity contribution in [3.8, 4) is 10.7 Å². The second-order valence-electron chi connectivity index (χ2n) is 6.14. The Morgan fingerprint density at radius 1 is 1.25 bits per heavy atom. The Kier molecular flexibility index (Phi) is 3.69. The summed E-state index contributed by atoms with van der Waals surface area (Å²) in [5.41, 5.74) is 3.07. The third-order valence-corrected chi connectivity index (χ3v) is 5.32. The molecule has 0 atom stereocenters. The second-order valence-corrected chi connectivity index (χ2v) is 7.09. The molecule has 122 valence electrons. The molecule has 3 aromatic rings. The molecule has 24 heavy (non-hydrogen) atoms. The van der Waals surface area contributed by atoms with Gasteiger partial charge in [-0.3, -0.25) is 4.79 Å². The summed E-state index contributed by atoms with van der Waals surface area (Å²) in [7, 11) is 0. The zero-order valence-corrected chi connectivity index (χ0v) is 14.3. The molecule has 0 aliphatic carbocycles. The Morgan fingerprint density at radius 2 is 2.08 bits per heavy atom. The number of hydrogen-bond donors (Lipinski definition) is 0. The fraction of sp³-hybridized carbons (Fsp3) is 0.278. The van der Waals surface area contributed by atoms with Crippen LogP contribution in [-0.4, -0.2) is 34.0 Å². The lowest BCUT2D eigenvalue weighted by Crippen LogP contribution is -2.48. The molecule has 5 nitrogen and oxygen atoms in total. The van der Waals surface area contributed by atoms with Crippen molar-refractivity contribution in [1.82, 2.24) is 15.0 Å². The van der Waals surface area contributed by atoms with Crippen LogP contribution < -0.4 is 0 Å². The molecule has 0 bridgehead atoms. The summed E-state index contributed by atoms with van der Waals surface area (Å²) in [5, 5.41) is 6.02. The van der Waals surface area contributed by atoms with E-state index in [9.17, 15) is 4.79 Å². The van der Waals surface area contributed by atoms with Gasteiger partial charge in [0, 0.05) is 18.7 Å². The van der Waals surface area contributed by atoms with Gasteiger partial charge in [-0.05, 0) is 48.6 Å². The van der Waals surface area contributed by atoms with Crippen LogP contribution in [0.3, 0.4) is 0 Å². The first kappa shape index (κ1) is 15.1. The summed E-state index contributed by atoms with van der Waals surface area (Å²) in [4.78, 5) is 19.8. The monoisotopic (exact) mass is 339 g/mol. The van der Waals surface area contributed by atoms with Crippen molar-refractivity contribution in [1.29, 1.82) is 0 Å². The molecule has 1 aromatic carbocycles. The van der Waals surface area contributed by atoms with Gasteiger partial charge >= 0.3 is 0 Å². The highest BCUT2D eigenvalue weighted by atomic mass is 32.1. The first-order valence-corrected chi connectivity index (χ1v) is 8.74. The molecule has 3 heterocycles. The van der Waals surface area contributed by atoms with Gasteiger partial charge in [-0.15, -0.1) is 11.3 Å². The Labute approximate surface area is 143 Å². The highest BCUT2D eigenvalue weighted by molar-refractivity contribution is 7.13. The number of nitrogens with zero attached hydrogens (tertiary/aromatic N) is 3. The number of aromatic nitrogens is 2. The van der Waals surface area contributed by atoms with Gasteiger partial charge < -0.3 is 9.42 Å². The first-order chi connectivity index (χ1) is 11.6. The molecule has 2 aromatic heterocycles. The molecule has 1 saturated heterocycles. The SMILES string of the molecule is Cc1ccc(C(=O)N2CC(c3nc(-c4cccs4)no3)C2)cc1C. The average Bonchev–Trinajstić information content (AvgIpc) is 3.19. The van der Waals surface area contributed by atoms with Crippen LogP contribution in [0.4, 0.5) is 0 Å². The quantitative estimate of drug-likeness (QED) is 0.731. The van der Waals surface area contributed by atoms with Crippen molar-refractivity contribution in [3.05, 3.63) is 58.3 Å². The van der Waals surface area contributed by atoms with Crippen molar-refractivity contribution >= 4 is 17.2 Å². The van der Waals surface area contributed by atoms with Crippen LogP contribution in [0.15, 0.2) is 40.2 Å². The fourth-order valence-corrected chi connectivity index (χ4v) is 3.41. The predicted octanol–water partition coefficient (Wildman–Crippen LogP) is 3.65. The van der Waals surface area contributed by atoms with Gasteiger partial charge in [0.15, 0.2) is 0 Å². The van der Waals surface area contributed by atoms with E-state index in [0.29, 0.717) is 24.8 Å². The van der Waals surface area contributed by atoms with Gasteiger partial charge in [0.25, 0.3) is 5.91 Å². The van der Waals surface area contributed by atoms with E-state index in [1.165, 1.54) is 5.56 Å². The Morgan fingerprint density at radius 3 is 2.79 bits per heavy atom. The number of amides is 1. The van der Waals surface area contributed by atoms with E-state index < -0.39 is 0 Å². The predicted molar refractivity (Wildman–Crippen MR) is 92.2 cm³/mol. The van der Waals surface area contributed by atoms with Crippen LogP contribution in [0.5, 0.6) is 0 Å². The van der Waals surface area contributed by atoms with Gasteiger partial charge in [0.05, 0.1) is 10.8 Å². The van der Waals surface area contributed by atoms with E-state index in [1.807, 2.05) is 54.5 Å². The molecule has 0 N–H and O–H groups in total. The zero-order chi connectivity index (χ0) is 16.7. The molecule has 4 rings (SSSR count). The Hall–Kier alpha value is -2.47. The van der Waals surface area contributed by atoms with Crippen molar-refractivity contribution in [2.24, 2.45) is 0 Å². The Balaban J connectivity index is 1.42. The molecule has 0 spiro atoms. The molecule has 1 aliphatic heterocycles. The molecular weight excluding hydrogens is 322 g/mol. The number of thiophene rings is 1. The number of likely N-dealkylation sites (tertiary alicyclic amines) is 1. The van der Waals surface area contributed by atoms with Crippen LogP contribution in [0.1, 0.15) is 33.3 Å². The average molecular weight is 339 g/mol. The van der Waals surface area contributed by atoms with Crippen LogP contribution in [0.25, 0.3) is 10.7 Å². The maximum Gasteiger partial charge on any atom is 0.253 e. The maximum atomic E-state index is 12.5. The summed E-state index contributed by atoms with van der Waals surface area (Å²) in [6.07, 6.45) is 0. The highest BCUT2D eigenvalue weighted by Gasteiger charge is 2.36. The minimum atomic E-state index is 0.0624. The summed E-state index contributed by atoms with van der Waals surface area (Å²) >= 11 is 1.58. The number of aryl methyl sites for hydroxylation is 2. The molecule has 1 amide bonds. The lowest BCUT2D eigenvalue weighted by atomic mass is 9.98. The molecule has 0 radical (unpaired) electrons. The maximum absolute atomic E-state index is 12.5. The van der Waals surface area contributed by atoms with Crippen LogP contribution in [0, 0.1) is 13.8 Å². The van der Waals surface area contributed by atoms with Gasteiger partial charge in [0.1, 0.15) is 0 Å². The lowest BCUT2D eigenvalue weighted by molar-refractivity contribution is 0.0569. The molecule has 0 unspecified atom stereocenters. The zero-order valence-electron chi connectivity index (χ0n) is 13.5. The Bertz CT molecular complexity index is 880. The summed E-state index contributed by atoms with van der Waals surface area (Å²) in [6, 6.07) is 9.76. The van der Waals surface area contributed by atoms with E-state index in [4.69, 9.17) is 4.52 Å². The topological polar surface area (TPSA) is 59.2 Å². The van der Waals surface area contributed by atoms with Crippen molar-refractivity contribution < 1.29 is 9.32 Å². The minimum Gasteiger partial charge on any atom is -0.339 e. The molecule has 1 aliphatic rings. The van der Waals surface area contributed by atoms with Crippen molar-refractivity contribution in [3.63, 3.8) is 0 Å². The van der Waals surface area contributed by atoms with E-state index in [-0.39, 0.29) is 11.8 Å². The normalized spacial score (nSPS) is 14.7. The lowest BCUT2D eigenvalue weighted by Gasteiger charge is -2.37. The third kappa shape index (κ3) is 2.63. The van der Waals surface area contributed by atoms with Gasteiger partial charge in [-0.2, -0.15) is 4.98 Å². The second kappa shape index (κ2) is 5.87. The number of carbonyl (C=O) groups is 1. The molecule has 6 heteroatoms. The summed E-state index contributed by atoms with van der Waals surface area (Å²) < 4.78 is 5.37.